The number of rotatable bonds is 6. The van der Waals surface area contributed by atoms with Crippen LogP contribution in [0.4, 0.5) is 0 Å². The van der Waals surface area contributed by atoms with Crippen LogP contribution >= 0.6 is 0 Å². The van der Waals surface area contributed by atoms with Gasteiger partial charge in [-0.1, -0.05) is 97.9 Å². The number of benzene rings is 3. The number of amides is 2. The summed E-state index contributed by atoms with van der Waals surface area (Å²) in [6.45, 7) is 3.38. The van der Waals surface area contributed by atoms with E-state index in [0.29, 0.717) is 19.5 Å². The second-order valence-corrected chi connectivity index (χ2v) is 10.1. The molecule has 4 heteroatoms. The Hall–Kier alpha value is -3.40. The van der Waals surface area contributed by atoms with Gasteiger partial charge in [0.1, 0.15) is 0 Å². The van der Waals surface area contributed by atoms with E-state index in [1.54, 1.807) is 0 Å². The Morgan fingerprint density at radius 3 is 1.69 bits per heavy atom. The molecule has 2 saturated heterocycles. The molecular formula is C31H34N2O2. The van der Waals surface area contributed by atoms with Gasteiger partial charge in [0, 0.05) is 31.6 Å². The first-order valence-corrected chi connectivity index (χ1v) is 12.9. The molecule has 2 amide bonds. The normalized spacial score (nSPS) is 20.5. The van der Waals surface area contributed by atoms with Crippen LogP contribution in [0.3, 0.4) is 0 Å². The molecule has 2 aliphatic rings. The molecule has 0 N–H and O–H groups in total. The quantitative estimate of drug-likeness (QED) is 0.474. The molecule has 2 aliphatic heterocycles. The molecule has 4 nitrogen and oxygen atoms in total. The Morgan fingerprint density at radius 2 is 1.20 bits per heavy atom. The number of hydrogen-bond donors (Lipinski definition) is 0. The van der Waals surface area contributed by atoms with E-state index in [2.05, 4.69) is 24.0 Å². The van der Waals surface area contributed by atoms with Crippen LogP contribution in [0, 0.1) is 0 Å². The molecule has 180 valence electrons. The molecule has 3 atom stereocenters. The maximum absolute atomic E-state index is 14.0. The molecular weight excluding hydrogens is 432 g/mol. The van der Waals surface area contributed by atoms with E-state index in [1.807, 2.05) is 83.8 Å². The molecule has 0 radical (unpaired) electrons. The van der Waals surface area contributed by atoms with Crippen molar-refractivity contribution in [3.8, 4) is 0 Å². The van der Waals surface area contributed by atoms with Gasteiger partial charge in [0.25, 0.3) is 0 Å². The Bertz CT molecular complexity index is 1080. The Kier molecular flexibility index (Phi) is 6.98. The molecule has 2 bridgehead atoms. The third-order valence-corrected chi connectivity index (χ3v) is 7.69. The third-order valence-electron chi connectivity index (χ3n) is 7.69. The summed E-state index contributed by atoms with van der Waals surface area (Å²) < 4.78 is 0. The third kappa shape index (κ3) is 5.02. The minimum atomic E-state index is -0.321. The van der Waals surface area contributed by atoms with E-state index in [9.17, 15) is 9.59 Å². The molecule has 1 unspecified atom stereocenters. The van der Waals surface area contributed by atoms with Crippen LogP contribution in [-0.4, -0.2) is 46.8 Å². The number of nitrogens with zero attached hydrogens (tertiary/aromatic N) is 2. The predicted molar refractivity (Wildman–Crippen MR) is 139 cm³/mol. The number of fused-ring (bicyclic) bond motifs is 2. The SMILES string of the molecule is CC(CC(=O)N1[C@@H]2CCC[C@H]1CN(C(=O)C(c1ccccc1)c1ccccc1)C2)c1ccccc1. The van der Waals surface area contributed by atoms with Gasteiger partial charge in [-0.2, -0.15) is 0 Å². The summed E-state index contributed by atoms with van der Waals surface area (Å²) in [6, 6.07) is 30.6. The van der Waals surface area contributed by atoms with Gasteiger partial charge >= 0.3 is 0 Å². The van der Waals surface area contributed by atoms with E-state index < -0.39 is 0 Å². The lowest BCUT2D eigenvalue weighted by molar-refractivity contribution is -0.150. The van der Waals surface area contributed by atoms with Crippen molar-refractivity contribution in [2.45, 2.75) is 56.5 Å². The summed E-state index contributed by atoms with van der Waals surface area (Å²) >= 11 is 0. The van der Waals surface area contributed by atoms with Crippen LogP contribution in [0.2, 0.25) is 0 Å². The molecule has 0 saturated carbocycles. The number of likely N-dealkylation sites (tertiary alicyclic amines) is 1. The number of piperazine rings is 1. The summed E-state index contributed by atoms with van der Waals surface area (Å²) in [5, 5.41) is 0. The Morgan fingerprint density at radius 1 is 0.743 bits per heavy atom. The first-order chi connectivity index (χ1) is 17.1. The van der Waals surface area contributed by atoms with E-state index in [4.69, 9.17) is 0 Å². The standard InChI is InChI=1S/C31H34N2O2/c1-23(24-12-5-2-6-13-24)20-29(34)33-27-18-11-19-28(33)22-32(21-27)31(35)30(25-14-7-3-8-15-25)26-16-9-4-10-17-26/h2-10,12-17,23,27-28,30H,11,18-22H2,1H3/t23?,27-,28+. The fraction of sp³-hybridized carbons (Fsp3) is 0.355. The Balaban J connectivity index is 1.34. The number of carbonyl (C=O) groups is 2. The highest BCUT2D eigenvalue weighted by atomic mass is 16.2. The van der Waals surface area contributed by atoms with Crippen LogP contribution in [0.1, 0.15) is 61.1 Å². The van der Waals surface area contributed by atoms with E-state index in [-0.39, 0.29) is 35.7 Å². The summed E-state index contributed by atoms with van der Waals surface area (Å²) in [5.41, 5.74) is 3.24. The molecule has 0 spiro atoms. The van der Waals surface area contributed by atoms with E-state index in [1.165, 1.54) is 5.56 Å². The van der Waals surface area contributed by atoms with Gasteiger partial charge in [-0.15, -0.1) is 0 Å². The van der Waals surface area contributed by atoms with E-state index >= 15 is 0 Å². The van der Waals surface area contributed by atoms with Crippen molar-refractivity contribution >= 4 is 11.8 Å². The minimum absolute atomic E-state index is 0.106. The zero-order chi connectivity index (χ0) is 24.2. The minimum Gasteiger partial charge on any atom is -0.338 e. The smallest absolute Gasteiger partial charge is 0.234 e. The largest absolute Gasteiger partial charge is 0.338 e. The summed E-state index contributed by atoms with van der Waals surface area (Å²) in [5.74, 6) is 0.234. The van der Waals surface area contributed by atoms with Crippen molar-refractivity contribution in [3.05, 3.63) is 108 Å². The van der Waals surface area contributed by atoms with Crippen molar-refractivity contribution in [3.63, 3.8) is 0 Å². The fourth-order valence-corrected chi connectivity index (χ4v) is 5.91. The van der Waals surface area contributed by atoms with Gasteiger partial charge in [-0.25, -0.2) is 0 Å². The van der Waals surface area contributed by atoms with Crippen molar-refractivity contribution < 1.29 is 9.59 Å². The Labute approximate surface area is 208 Å². The summed E-state index contributed by atoms with van der Waals surface area (Å²) in [4.78, 5) is 31.6. The van der Waals surface area contributed by atoms with Gasteiger partial charge in [0.2, 0.25) is 11.8 Å². The van der Waals surface area contributed by atoms with Gasteiger partial charge in [-0.3, -0.25) is 9.59 Å². The number of carbonyl (C=O) groups excluding carboxylic acids is 2. The van der Waals surface area contributed by atoms with Crippen molar-refractivity contribution in [1.82, 2.24) is 9.80 Å². The molecule has 0 aromatic heterocycles. The van der Waals surface area contributed by atoms with Gasteiger partial charge in [-0.05, 0) is 41.9 Å². The monoisotopic (exact) mass is 466 g/mol. The lowest BCUT2D eigenvalue weighted by Gasteiger charge is -2.51. The van der Waals surface area contributed by atoms with Gasteiger partial charge in [0.15, 0.2) is 0 Å². The molecule has 2 fully saturated rings. The first-order valence-electron chi connectivity index (χ1n) is 12.9. The number of piperidine rings is 1. The van der Waals surface area contributed by atoms with Gasteiger partial charge in [0.05, 0.1) is 5.92 Å². The highest BCUT2D eigenvalue weighted by Crippen LogP contribution is 2.34. The summed E-state index contributed by atoms with van der Waals surface area (Å²) in [6.07, 6.45) is 3.57. The maximum atomic E-state index is 14.0. The molecule has 3 aromatic carbocycles. The second-order valence-electron chi connectivity index (χ2n) is 10.1. The van der Waals surface area contributed by atoms with Gasteiger partial charge < -0.3 is 9.80 Å². The zero-order valence-corrected chi connectivity index (χ0v) is 20.4. The lowest BCUT2D eigenvalue weighted by Crippen LogP contribution is -2.64. The highest BCUT2D eigenvalue weighted by molar-refractivity contribution is 5.88. The predicted octanol–water partition coefficient (Wildman–Crippen LogP) is 5.60. The maximum Gasteiger partial charge on any atom is 0.234 e. The van der Waals surface area contributed by atoms with Crippen LogP contribution in [0.25, 0.3) is 0 Å². The zero-order valence-electron chi connectivity index (χ0n) is 20.4. The van der Waals surface area contributed by atoms with Crippen molar-refractivity contribution in [2.75, 3.05) is 13.1 Å². The molecule has 3 aromatic rings. The molecule has 2 heterocycles. The molecule has 5 rings (SSSR count). The highest BCUT2D eigenvalue weighted by Gasteiger charge is 2.43. The van der Waals surface area contributed by atoms with Crippen LogP contribution in [-0.2, 0) is 9.59 Å². The van der Waals surface area contributed by atoms with Crippen LogP contribution in [0.15, 0.2) is 91.0 Å². The number of hydrogen-bond acceptors (Lipinski definition) is 2. The summed E-state index contributed by atoms with van der Waals surface area (Å²) in [7, 11) is 0. The topological polar surface area (TPSA) is 40.6 Å². The fourth-order valence-electron chi connectivity index (χ4n) is 5.91. The first kappa shape index (κ1) is 23.3. The average Bonchev–Trinajstić information content (AvgIpc) is 2.89. The second kappa shape index (κ2) is 10.5. The van der Waals surface area contributed by atoms with Crippen molar-refractivity contribution in [2.24, 2.45) is 0 Å². The van der Waals surface area contributed by atoms with Crippen LogP contribution < -0.4 is 0 Å². The van der Waals surface area contributed by atoms with Crippen LogP contribution in [0.5, 0.6) is 0 Å². The molecule has 35 heavy (non-hydrogen) atoms. The lowest BCUT2D eigenvalue weighted by atomic mass is 9.86. The van der Waals surface area contributed by atoms with E-state index in [0.717, 1.165) is 30.4 Å². The molecule has 0 aliphatic carbocycles. The van der Waals surface area contributed by atoms with Crippen molar-refractivity contribution in [1.29, 1.82) is 0 Å². The average molecular weight is 467 g/mol.